The minimum absolute atomic E-state index is 0.126. The number of ketones is 1. The highest BCUT2D eigenvalue weighted by Gasteiger charge is 2.23. The number of carbonyl (C=O) groups is 1. The smallest absolute Gasteiger partial charge is 0.178 e. The topological polar surface area (TPSA) is 43.4 Å². The fourth-order valence-corrected chi connectivity index (χ4v) is 3.37. The summed E-state index contributed by atoms with van der Waals surface area (Å²) in [5, 5.41) is -0.584. The molecule has 0 radical (unpaired) electrons. The van der Waals surface area contributed by atoms with Gasteiger partial charge >= 0.3 is 0 Å². The molecule has 0 N–H and O–H groups in total. The van der Waals surface area contributed by atoms with Gasteiger partial charge in [0.15, 0.2) is 5.78 Å². The first-order chi connectivity index (χ1) is 10.0. The molecular weight excluding hydrogens is 284 g/mol. The van der Waals surface area contributed by atoms with E-state index in [1.54, 1.807) is 38.3 Å². The third-order valence-corrected chi connectivity index (χ3v) is 5.12. The second-order valence-corrected chi connectivity index (χ2v) is 6.54. The minimum Gasteiger partial charge on any atom is -0.497 e. The third-order valence-electron chi connectivity index (χ3n) is 3.38. The number of aryl methyl sites for hydroxylation is 1. The molecule has 0 saturated heterocycles. The lowest BCUT2D eigenvalue weighted by Gasteiger charge is -2.12. The molecule has 21 heavy (non-hydrogen) atoms. The molecule has 0 aromatic heterocycles. The van der Waals surface area contributed by atoms with Gasteiger partial charge in [0.05, 0.1) is 23.2 Å². The van der Waals surface area contributed by atoms with Crippen molar-refractivity contribution in [2.75, 3.05) is 7.11 Å². The predicted octanol–water partition coefficient (Wildman–Crippen LogP) is 3.38. The molecule has 0 spiro atoms. The van der Waals surface area contributed by atoms with Crippen molar-refractivity contribution in [3.05, 3.63) is 59.7 Å². The molecule has 0 fully saturated rings. The Morgan fingerprint density at radius 3 is 2.29 bits per heavy atom. The summed E-state index contributed by atoms with van der Waals surface area (Å²) in [6.45, 7) is 3.60. The highest BCUT2D eigenvalue weighted by Crippen LogP contribution is 2.20. The average Bonchev–Trinajstić information content (AvgIpc) is 2.53. The van der Waals surface area contributed by atoms with Gasteiger partial charge in [-0.2, -0.15) is 0 Å². The number of carbonyl (C=O) groups excluding carboxylic acids is 1. The zero-order chi connectivity index (χ0) is 15.4. The van der Waals surface area contributed by atoms with Gasteiger partial charge in [0.1, 0.15) is 5.75 Å². The Kier molecular flexibility index (Phi) is 4.91. The summed E-state index contributed by atoms with van der Waals surface area (Å²) in [5.74, 6) is 0.568. The molecule has 0 amide bonds. The van der Waals surface area contributed by atoms with Crippen LogP contribution in [0.25, 0.3) is 0 Å². The van der Waals surface area contributed by atoms with E-state index in [2.05, 4.69) is 0 Å². The second-order valence-electron chi connectivity index (χ2n) is 4.80. The summed E-state index contributed by atoms with van der Waals surface area (Å²) in [4.78, 5) is 13.2. The Balaban J connectivity index is 2.22. The SMILES string of the molecule is COc1ccc(C(=O)C(C)S(=O)c2ccccc2C)cc1. The molecule has 3 nitrogen and oxygen atoms in total. The molecule has 0 aliphatic rings. The molecule has 0 heterocycles. The summed E-state index contributed by atoms with van der Waals surface area (Å²) in [6.07, 6.45) is 0. The number of ether oxygens (including phenoxy) is 1. The maximum atomic E-state index is 12.6. The van der Waals surface area contributed by atoms with Crippen molar-refractivity contribution in [1.29, 1.82) is 0 Å². The van der Waals surface area contributed by atoms with E-state index in [9.17, 15) is 9.00 Å². The van der Waals surface area contributed by atoms with Crippen LogP contribution in [0.5, 0.6) is 5.75 Å². The predicted molar refractivity (Wildman–Crippen MR) is 84.4 cm³/mol. The quantitative estimate of drug-likeness (QED) is 0.795. The molecule has 2 aromatic carbocycles. The van der Waals surface area contributed by atoms with Crippen LogP contribution in [-0.4, -0.2) is 22.4 Å². The monoisotopic (exact) mass is 302 g/mol. The summed E-state index contributed by atoms with van der Waals surface area (Å²) in [6, 6.07) is 14.3. The molecule has 0 bridgehead atoms. The van der Waals surface area contributed by atoms with Crippen LogP contribution in [0, 0.1) is 6.92 Å². The maximum Gasteiger partial charge on any atom is 0.178 e. The van der Waals surface area contributed by atoms with Crippen molar-refractivity contribution >= 4 is 16.6 Å². The van der Waals surface area contributed by atoms with Crippen LogP contribution in [0.3, 0.4) is 0 Å². The molecule has 0 aliphatic carbocycles. The highest BCUT2D eigenvalue weighted by atomic mass is 32.2. The van der Waals surface area contributed by atoms with Gasteiger partial charge in [0, 0.05) is 10.5 Å². The van der Waals surface area contributed by atoms with E-state index in [1.807, 2.05) is 31.2 Å². The van der Waals surface area contributed by atoms with Crippen molar-refractivity contribution in [3.8, 4) is 5.75 Å². The lowest BCUT2D eigenvalue weighted by Crippen LogP contribution is -2.23. The first-order valence-electron chi connectivity index (χ1n) is 6.69. The number of rotatable bonds is 5. The molecule has 2 unspecified atom stereocenters. The molecule has 2 rings (SSSR count). The van der Waals surface area contributed by atoms with Gasteiger partial charge in [-0.25, -0.2) is 0 Å². The van der Waals surface area contributed by atoms with Gasteiger partial charge in [-0.3, -0.25) is 9.00 Å². The van der Waals surface area contributed by atoms with Crippen LogP contribution >= 0.6 is 0 Å². The summed E-state index contributed by atoms with van der Waals surface area (Å²) >= 11 is 0. The highest BCUT2D eigenvalue weighted by molar-refractivity contribution is 7.86. The largest absolute Gasteiger partial charge is 0.497 e. The lowest BCUT2D eigenvalue weighted by atomic mass is 10.1. The normalized spacial score (nSPS) is 13.5. The third kappa shape index (κ3) is 3.39. The second kappa shape index (κ2) is 6.68. The van der Waals surface area contributed by atoms with Crippen LogP contribution in [0.1, 0.15) is 22.8 Å². The maximum absolute atomic E-state index is 12.6. The number of hydrogen-bond acceptors (Lipinski definition) is 3. The minimum atomic E-state index is -1.36. The van der Waals surface area contributed by atoms with E-state index >= 15 is 0 Å². The Bertz CT molecular complexity index is 662. The van der Waals surface area contributed by atoms with Crippen molar-refractivity contribution in [2.45, 2.75) is 24.0 Å². The van der Waals surface area contributed by atoms with Gasteiger partial charge in [-0.1, -0.05) is 18.2 Å². The first kappa shape index (κ1) is 15.4. The van der Waals surface area contributed by atoms with E-state index in [0.29, 0.717) is 16.2 Å². The van der Waals surface area contributed by atoms with Crippen molar-refractivity contribution in [2.24, 2.45) is 0 Å². The zero-order valence-electron chi connectivity index (χ0n) is 12.3. The van der Waals surface area contributed by atoms with E-state index in [-0.39, 0.29) is 5.78 Å². The molecular formula is C17H18O3S. The van der Waals surface area contributed by atoms with Crippen LogP contribution in [0.15, 0.2) is 53.4 Å². The average molecular weight is 302 g/mol. The Morgan fingerprint density at radius 1 is 1.10 bits per heavy atom. The van der Waals surface area contributed by atoms with Gasteiger partial charge < -0.3 is 4.74 Å². The number of methoxy groups -OCH3 is 1. The van der Waals surface area contributed by atoms with E-state index in [4.69, 9.17) is 4.74 Å². The summed E-state index contributed by atoms with van der Waals surface area (Å²) in [7, 11) is 0.218. The number of hydrogen-bond donors (Lipinski definition) is 0. The van der Waals surface area contributed by atoms with E-state index in [1.165, 1.54) is 0 Å². The Labute approximate surface area is 127 Å². The Morgan fingerprint density at radius 2 is 1.71 bits per heavy atom. The van der Waals surface area contributed by atoms with E-state index in [0.717, 1.165) is 5.56 Å². The van der Waals surface area contributed by atoms with Gasteiger partial charge in [0.2, 0.25) is 0 Å². The standard InChI is InChI=1S/C17H18O3S/c1-12-6-4-5-7-16(12)21(19)13(2)17(18)14-8-10-15(20-3)11-9-14/h4-11,13H,1-3H3. The number of Topliss-reactive ketones (excluding diaryl/α,β-unsaturated/α-hetero) is 1. The van der Waals surface area contributed by atoms with Crippen LogP contribution in [0.2, 0.25) is 0 Å². The van der Waals surface area contributed by atoms with Crippen LogP contribution < -0.4 is 4.74 Å². The van der Waals surface area contributed by atoms with Crippen molar-refractivity contribution in [3.63, 3.8) is 0 Å². The molecule has 2 atom stereocenters. The summed E-state index contributed by atoms with van der Waals surface area (Å²) in [5.41, 5.74) is 1.48. The Hall–Kier alpha value is -1.94. The van der Waals surface area contributed by atoms with Crippen LogP contribution in [0.4, 0.5) is 0 Å². The van der Waals surface area contributed by atoms with Gasteiger partial charge in [-0.15, -0.1) is 0 Å². The fourth-order valence-electron chi connectivity index (χ4n) is 2.06. The number of benzene rings is 2. The molecule has 0 aliphatic heterocycles. The molecule has 4 heteroatoms. The summed E-state index contributed by atoms with van der Waals surface area (Å²) < 4.78 is 17.6. The lowest BCUT2D eigenvalue weighted by molar-refractivity contribution is 0.0992. The fraction of sp³-hybridized carbons (Fsp3) is 0.235. The molecule has 110 valence electrons. The van der Waals surface area contributed by atoms with Crippen molar-refractivity contribution < 1.29 is 13.7 Å². The first-order valence-corrected chi connectivity index (χ1v) is 7.90. The molecule has 2 aromatic rings. The van der Waals surface area contributed by atoms with Crippen LogP contribution in [-0.2, 0) is 10.8 Å². The zero-order valence-corrected chi connectivity index (χ0v) is 13.1. The van der Waals surface area contributed by atoms with Gasteiger partial charge in [-0.05, 0) is 49.7 Å². The molecule has 0 saturated carbocycles. The van der Waals surface area contributed by atoms with Crippen molar-refractivity contribution in [1.82, 2.24) is 0 Å². The van der Waals surface area contributed by atoms with Gasteiger partial charge in [0.25, 0.3) is 0 Å². The van der Waals surface area contributed by atoms with E-state index < -0.39 is 16.0 Å².